The monoisotopic (exact) mass is 230 g/mol. The molecule has 4 heteroatoms. The fourth-order valence-corrected chi connectivity index (χ4v) is 3.05. The zero-order valence-electron chi connectivity index (χ0n) is 8.53. The van der Waals surface area contributed by atoms with Crippen molar-refractivity contribution in [2.45, 2.75) is 32.7 Å². The maximum atomic E-state index is 5.84. The van der Waals surface area contributed by atoms with Crippen LogP contribution >= 0.6 is 22.9 Å². The second-order valence-electron chi connectivity index (χ2n) is 4.01. The summed E-state index contributed by atoms with van der Waals surface area (Å²) in [5.74, 6) is 0.756. The van der Waals surface area contributed by atoms with E-state index < -0.39 is 0 Å². The van der Waals surface area contributed by atoms with E-state index in [1.807, 2.05) is 5.38 Å². The molecule has 1 aliphatic rings. The molecule has 0 aromatic carbocycles. The molecule has 0 spiro atoms. The summed E-state index contributed by atoms with van der Waals surface area (Å²) in [7, 11) is 0. The highest BCUT2D eigenvalue weighted by Crippen LogP contribution is 2.31. The van der Waals surface area contributed by atoms with Gasteiger partial charge in [-0.1, -0.05) is 18.5 Å². The third-order valence-corrected chi connectivity index (χ3v) is 4.28. The first-order chi connectivity index (χ1) is 6.68. The number of hydrogen-bond donors (Lipinski definition) is 0. The molecule has 1 aliphatic heterocycles. The maximum Gasteiger partial charge on any atom is 0.186 e. The van der Waals surface area contributed by atoms with Crippen molar-refractivity contribution in [1.29, 1.82) is 0 Å². The number of hydrogen-bond acceptors (Lipinski definition) is 3. The second-order valence-corrected chi connectivity index (χ2v) is 5.23. The van der Waals surface area contributed by atoms with Crippen LogP contribution in [0.2, 0.25) is 5.15 Å². The molecular formula is C10H15ClN2S. The molecule has 1 aromatic rings. The summed E-state index contributed by atoms with van der Waals surface area (Å²) in [5, 5.41) is 3.60. The van der Waals surface area contributed by atoms with Crippen molar-refractivity contribution in [1.82, 2.24) is 4.98 Å². The number of piperidine rings is 1. The van der Waals surface area contributed by atoms with Crippen LogP contribution < -0.4 is 4.90 Å². The largest absolute Gasteiger partial charge is 0.345 e. The molecule has 0 amide bonds. The van der Waals surface area contributed by atoms with Crippen LogP contribution in [0.4, 0.5) is 5.13 Å². The van der Waals surface area contributed by atoms with Crippen LogP contribution in [0.15, 0.2) is 5.38 Å². The average molecular weight is 231 g/mol. The summed E-state index contributed by atoms with van der Waals surface area (Å²) in [6.45, 7) is 5.71. The molecule has 14 heavy (non-hydrogen) atoms. The minimum Gasteiger partial charge on any atom is -0.345 e. The number of rotatable bonds is 1. The van der Waals surface area contributed by atoms with Gasteiger partial charge in [-0.15, -0.1) is 11.3 Å². The maximum absolute atomic E-state index is 5.84. The Morgan fingerprint density at radius 2 is 2.36 bits per heavy atom. The number of halogens is 1. The van der Waals surface area contributed by atoms with Crippen LogP contribution in [0.5, 0.6) is 0 Å². The van der Waals surface area contributed by atoms with Gasteiger partial charge in [-0.25, -0.2) is 4.98 Å². The van der Waals surface area contributed by atoms with Gasteiger partial charge in [0.2, 0.25) is 0 Å². The van der Waals surface area contributed by atoms with E-state index in [0.29, 0.717) is 11.2 Å². The van der Waals surface area contributed by atoms with E-state index in [-0.39, 0.29) is 0 Å². The van der Waals surface area contributed by atoms with Gasteiger partial charge < -0.3 is 4.90 Å². The molecule has 0 saturated carbocycles. The Bertz CT molecular complexity index is 313. The van der Waals surface area contributed by atoms with Gasteiger partial charge >= 0.3 is 0 Å². The van der Waals surface area contributed by atoms with Gasteiger partial charge in [-0.2, -0.15) is 0 Å². The molecule has 2 unspecified atom stereocenters. The predicted molar refractivity (Wildman–Crippen MR) is 62.3 cm³/mol. The lowest BCUT2D eigenvalue weighted by Crippen LogP contribution is -2.42. The van der Waals surface area contributed by atoms with E-state index in [0.717, 1.165) is 17.6 Å². The Labute approximate surface area is 93.9 Å². The molecule has 2 rings (SSSR count). The first kappa shape index (κ1) is 10.2. The quantitative estimate of drug-likeness (QED) is 0.735. The Morgan fingerprint density at radius 1 is 1.57 bits per heavy atom. The predicted octanol–water partition coefficient (Wildman–Crippen LogP) is 3.42. The number of anilines is 1. The van der Waals surface area contributed by atoms with Crippen molar-refractivity contribution < 1.29 is 0 Å². The molecule has 1 saturated heterocycles. The molecule has 0 aliphatic carbocycles. The first-order valence-corrected chi connectivity index (χ1v) is 6.32. The SMILES string of the molecule is CC1CCCN(c2nc(Cl)cs2)C1C. The highest BCUT2D eigenvalue weighted by atomic mass is 35.5. The van der Waals surface area contributed by atoms with E-state index in [1.54, 1.807) is 11.3 Å². The summed E-state index contributed by atoms with van der Waals surface area (Å²) < 4.78 is 0. The molecule has 78 valence electrons. The van der Waals surface area contributed by atoms with Crippen LogP contribution in [0.1, 0.15) is 26.7 Å². The molecule has 0 radical (unpaired) electrons. The van der Waals surface area contributed by atoms with Gasteiger partial charge in [0.15, 0.2) is 5.13 Å². The molecule has 0 bridgehead atoms. The smallest absolute Gasteiger partial charge is 0.186 e. The van der Waals surface area contributed by atoms with Crippen molar-refractivity contribution in [2.75, 3.05) is 11.4 Å². The lowest BCUT2D eigenvalue weighted by molar-refractivity contribution is 0.363. The van der Waals surface area contributed by atoms with Crippen molar-refractivity contribution in [2.24, 2.45) is 5.92 Å². The Morgan fingerprint density at radius 3 is 3.00 bits per heavy atom. The van der Waals surface area contributed by atoms with E-state index >= 15 is 0 Å². The standard InChI is InChI=1S/C10H15ClN2S/c1-7-4-3-5-13(8(7)2)10-12-9(11)6-14-10/h6-8H,3-5H2,1-2H3. The van der Waals surface area contributed by atoms with Crippen molar-refractivity contribution in [3.63, 3.8) is 0 Å². The normalized spacial score (nSPS) is 28.1. The Hall–Kier alpha value is -0.280. The number of thiazole rings is 1. The van der Waals surface area contributed by atoms with Crippen LogP contribution in [0.3, 0.4) is 0 Å². The molecule has 1 aromatic heterocycles. The molecule has 1 fully saturated rings. The highest BCUT2D eigenvalue weighted by molar-refractivity contribution is 7.14. The van der Waals surface area contributed by atoms with Gasteiger partial charge in [-0.3, -0.25) is 0 Å². The lowest BCUT2D eigenvalue weighted by atomic mass is 9.93. The summed E-state index contributed by atoms with van der Waals surface area (Å²) in [5.41, 5.74) is 0. The van der Waals surface area contributed by atoms with Gasteiger partial charge in [0, 0.05) is 18.0 Å². The van der Waals surface area contributed by atoms with Gasteiger partial charge in [-0.05, 0) is 25.7 Å². The van der Waals surface area contributed by atoms with Crippen LogP contribution in [0.25, 0.3) is 0 Å². The molecule has 2 nitrogen and oxygen atoms in total. The van der Waals surface area contributed by atoms with Gasteiger partial charge in [0.1, 0.15) is 5.15 Å². The Kier molecular flexibility index (Phi) is 2.98. The van der Waals surface area contributed by atoms with E-state index in [2.05, 4.69) is 23.7 Å². The second kappa shape index (κ2) is 4.07. The number of aromatic nitrogens is 1. The van der Waals surface area contributed by atoms with E-state index in [1.165, 1.54) is 12.8 Å². The molecule has 0 N–H and O–H groups in total. The van der Waals surface area contributed by atoms with E-state index in [9.17, 15) is 0 Å². The highest BCUT2D eigenvalue weighted by Gasteiger charge is 2.26. The molecule has 2 heterocycles. The van der Waals surface area contributed by atoms with Gasteiger partial charge in [0.25, 0.3) is 0 Å². The van der Waals surface area contributed by atoms with Crippen molar-refractivity contribution in [3.8, 4) is 0 Å². The lowest BCUT2D eigenvalue weighted by Gasteiger charge is -2.37. The fraction of sp³-hybridized carbons (Fsp3) is 0.700. The molecule has 2 atom stereocenters. The summed E-state index contributed by atoms with van der Waals surface area (Å²) in [6, 6.07) is 0.589. The number of nitrogens with zero attached hydrogens (tertiary/aromatic N) is 2. The summed E-state index contributed by atoms with van der Waals surface area (Å²) >= 11 is 7.48. The zero-order chi connectivity index (χ0) is 10.1. The van der Waals surface area contributed by atoms with Crippen LogP contribution in [-0.2, 0) is 0 Å². The average Bonchev–Trinajstić information content (AvgIpc) is 2.57. The third kappa shape index (κ3) is 1.89. The topological polar surface area (TPSA) is 16.1 Å². The van der Waals surface area contributed by atoms with Crippen molar-refractivity contribution in [3.05, 3.63) is 10.5 Å². The third-order valence-electron chi connectivity index (χ3n) is 3.08. The zero-order valence-corrected chi connectivity index (χ0v) is 10.1. The first-order valence-electron chi connectivity index (χ1n) is 5.06. The minimum atomic E-state index is 0.589. The summed E-state index contributed by atoms with van der Waals surface area (Å²) in [6.07, 6.45) is 2.60. The van der Waals surface area contributed by atoms with Crippen LogP contribution in [-0.4, -0.2) is 17.6 Å². The Balaban J connectivity index is 2.17. The molecular weight excluding hydrogens is 216 g/mol. The fourth-order valence-electron chi connectivity index (χ4n) is 1.98. The van der Waals surface area contributed by atoms with E-state index in [4.69, 9.17) is 11.6 Å². The minimum absolute atomic E-state index is 0.589. The van der Waals surface area contributed by atoms with Crippen molar-refractivity contribution >= 4 is 28.1 Å². The summed E-state index contributed by atoms with van der Waals surface area (Å²) in [4.78, 5) is 6.71. The van der Waals surface area contributed by atoms with Crippen LogP contribution in [0, 0.1) is 5.92 Å². The van der Waals surface area contributed by atoms with Gasteiger partial charge in [0.05, 0.1) is 0 Å².